The highest BCUT2D eigenvalue weighted by Crippen LogP contribution is 2.15. The second kappa shape index (κ2) is 8.94. The lowest BCUT2D eigenvalue weighted by Gasteiger charge is -2.25. The summed E-state index contributed by atoms with van der Waals surface area (Å²) in [6.45, 7) is 5.40. The van der Waals surface area contributed by atoms with Crippen LogP contribution in [-0.4, -0.2) is 68.4 Å². The smallest absolute Gasteiger partial charge is 0.241 e. The van der Waals surface area contributed by atoms with Crippen molar-refractivity contribution in [2.75, 3.05) is 32.8 Å². The number of hydrogen-bond donors (Lipinski definition) is 1. The molecule has 3 heterocycles. The van der Waals surface area contributed by atoms with Gasteiger partial charge in [-0.3, -0.25) is 9.69 Å². The van der Waals surface area contributed by atoms with E-state index in [0.717, 1.165) is 39.3 Å². The minimum absolute atomic E-state index is 0.0760. The molecule has 1 saturated heterocycles. The molecule has 0 bridgehead atoms. The van der Waals surface area contributed by atoms with E-state index in [4.69, 9.17) is 4.74 Å². The maximum atomic E-state index is 12.3. The first-order valence-electron chi connectivity index (χ1n) is 9.65. The van der Waals surface area contributed by atoms with Gasteiger partial charge in [-0.05, 0) is 34.4 Å². The molecule has 0 aliphatic carbocycles. The molecule has 9 heteroatoms. The number of hydrogen-bond acceptors (Lipinski definition) is 6. The molecule has 28 heavy (non-hydrogen) atoms. The lowest BCUT2D eigenvalue weighted by molar-refractivity contribution is -0.121. The number of amides is 1. The Morgan fingerprint density at radius 1 is 1.18 bits per heavy atom. The number of nitrogens with one attached hydrogen (secondary N) is 1. The van der Waals surface area contributed by atoms with Gasteiger partial charge in [0.2, 0.25) is 5.91 Å². The number of carbonyl (C=O) groups excluding carboxylic acids is 1. The van der Waals surface area contributed by atoms with Crippen LogP contribution in [0.4, 0.5) is 0 Å². The molecule has 1 aliphatic heterocycles. The average Bonchev–Trinajstić information content (AvgIpc) is 3.33. The Balaban J connectivity index is 1.22. The van der Waals surface area contributed by atoms with Crippen LogP contribution in [0, 0.1) is 0 Å². The highest BCUT2D eigenvalue weighted by atomic mass is 16.5. The van der Waals surface area contributed by atoms with E-state index in [1.165, 1.54) is 10.9 Å². The average molecular weight is 383 g/mol. The number of aryl methyl sites for hydroxylation is 1. The molecule has 0 radical (unpaired) electrons. The topological polar surface area (TPSA) is 90.1 Å². The summed E-state index contributed by atoms with van der Waals surface area (Å²) in [5, 5.41) is 15.9. The Morgan fingerprint density at radius 3 is 2.93 bits per heavy atom. The Hall–Kier alpha value is -2.78. The van der Waals surface area contributed by atoms with Crippen LogP contribution < -0.4 is 5.32 Å². The molecule has 1 N–H and O–H groups in total. The van der Waals surface area contributed by atoms with Crippen molar-refractivity contribution >= 4 is 16.8 Å². The summed E-state index contributed by atoms with van der Waals surface area (Å²) < 4.78 is 9.14. The number of rotatable bonds is 8. The fourth-order valence-electron chi connectivity index (χ4n) is 3.42. The zero-order valence-electron chi connectivity index (χ0n) is 15.8. The van der Waals surface area contributed by atoms with Gasteiger partial charge in [-0.15, -0.1) is 5.10 Å². The van der Waals surface area contributed by atoms with Crippen LogP contribution in [0.2, 0.25) is 0 Å². The summed E-state index contributed by atoms with van der Waals surface area (Å²) in [5.74, 6) is 0.628. The van der Waals surface area contributed by atoms with Gasteiger partial charge in [0.15, 0.2) is 5.82 Å². The van der Waals surface area contributed by atoms with Gasteiger partial charge >= 0.3 is 0 Å². The second-order valence-corrected chi connectivity index (χ2v) is 6.91. The number of ether oxygens (including phenoxy) is 1. The molecule has 4 rings (SSSR count). The lowest BCUT2D eigenvalue weighted by Crippen LogP contribution is -2.37. The van der Waals surface area contributed by atoms with Gasteiger partial charge in [-0.25, -0.2) is 4.68 Å². The van der Waals surface area contributed by atoms with Crippen LogP contribution in [0.25, 0.3) is 10.9 Å². The fourth-order valence-corrected chi connectivity index (χ4v) is 3.42. The maximum absolute atomic E-state index is 12.3. The third-order valence-corrected chi connectivity index (χ3v) is 4.95. The first-order valence-corrected chi connectivity index (χ1v) is 9.65. The molecule has 1 aromatic carbocycles. The molecule has 0 saturated carbocycles. The number of para-hydroxylation sites is 1. The van der Waals surface area contributed by atoms with Crippen LogP contribution in [0.1, 0.15) is 12.2 Å². The van der Waals surface area contributed by atoms with E-state index in [1.807, 2.05) is 12.1 Å². The standard InChI is InChI=1S/C19H25N7O2/c27-19(15-26-18(21-22-23-26)14-24-10-12-28-13-11-24)20-7-3-8-25-9-6-16-4-1-2-5-17(16)25/h1-2,4-6,9H,3,7-8,10-15H2,(H,20,27). The summed E-state index contributed by atoms with van der Waals surface area (Å²) in [7, 11) is 0. The van der Waals surface area contributed by atoms with Gasteiger partial charge in [0, 0.05) is 37.9 Å². The summed E-state index contributed by atoms with van der Waals surface area (Å²) in [6, 6.07) is 10.4. The first-order chi connectivity index (χ1) is 13.8. The van der Waals surface area contributed by atoms with E-state index < -0.39 is 0 Å². The zero-order chi connectivity index (χ0) is 19.2. The molecule has 0 unspecified atom stereocenters. The first kappa shape index (κ1) is 18.6. The highest BCUT2D eigenvalue weighted by molar-refractivity contribution is 5.79. The van der Waals surface area contributed by atoms with E-state index in [0.29, 0.717) is 18.9 Å². The molecule has 3 aromatic rings. The quantitative estimate of drug-likeness (QED) is 0.575. The number of nitrogens with zero attached hydrogens (tertiary/aromatic N) is 6. The van der Waals surface area contributed by atoms with Crippen molar-refractivity contribution in [3.8, 4) is 0 Å². The van der Waals surface area contributed by atoms with Crippen LogP contribution in [0.15, 0.2) is 36.5 Å². The number of tetrazole rings is 1. The largest absolute Gasteiger partial charge is 0.379 e. The molecule has 0 spiro atoms. The lowest BCUT2D eigenvalue weighted by atomic mass is 10.2. The third-order valence-electron chi connectivity index (χ3n) is 4.95. The summed E-state index contributed by atoms with van der Waals surface area (Å²) >= 11 is 0. The van der Waals surface area contributed by atoms with Crippen molar-refractivity contribution in [3.05, 3.63) is 42.4 Å². The molecule has 0 atom stereocenters. The molecule has 1 aliphatic rings. The molecular formula is C19H25N7O2. The monoisotopic (exact) mass is 383 g/mol. The fraction of sp³-hybridized carbons (Fsp3) is 0.474. The SMILES string of the molecule is O=C(Cn1nnnc1CN1CCOCC1)NCCCn1ccc2ccccc21. The summed E-state index contributed by atoms with van der Waals surface area (Å²) in [4.78, 5) is 14.5. The number of fused-ring (bicyclic) bond motifs is 1. The van der Waals surface area contributed by atoms with Gasteiger partial charge in [0.25, 0.3) is 0 Å². The Bertz CT molecular complexity index is 914. The van der Waals surface area contributed by atoms with E-state index in [2.05, 4.69) is 54.7 Å². The van der Waals surface area contributed by atoms with Gasteiger partial charge in [0.1, 0.15) is 6.54 Å². The van der Waals surface area contributed by atoms with Crippen LogP contribution >= 0.6 is 0 Å². The molecule has 1 fully saturated rings. The van der Waals surface area contributed by atoms with E-state index in [9.17, 15) is 4.79 Å². The maximum Gasteiger partial charge on any atom is 0.241 e. The number of morpholine rings is 1. The molecule has 148 valence electrons. The van der Waals surface area contributed by atoms with Crippen LogP contribution in [0.3, 0.4) is 0 Å². The van der Waals surface area contributed by atoms with E-state index in [1.54, 1.807) is 4.68 Å². The van der Waals surface area contributed by atoms with Crippen molar-refractivity contribution in [1.29, 1.82) is 0 Å². The van der Waals surface area contributed by atoms with Gasteiger partial charge < -0.3 is 14.6 Å². The summed E-state index contributed by atoms with van der Waals surface area (Å²) in [5.41, 5.74) is 1.22. The van der Waals surface area contributed by atoms with Crippen molar-refractivity contribution < 1.29 is 9.53 Å². The van der Waals surface area contributed by atoms with Crippen LogP contribution in [0.5, 0.6) is 0 Å². The normalized spacial score (nSPS) is 15.1. The van der Waals surface area contributed by atoms with Crippen molar-refractivity contribution in [1.82, 2.24) is 35.0 Å². The molecule has 2 aromatic heterocycles. The van der Waals surface area contributed by atoms with E-state index in [-0.39, 0.29) is 12.5 Å². The number of aromatic nitrogens is 5. The Kier molecular flexibility index (Phi) is 5.93. The van der Waals surface area contributed by atoms with Crippen molar-refractivity contribution in [2.45, 2.75) is 26.1 Å². The second-order valence-electron chi connectivity index (χ2n) is 6.91. The minimum Gasteiger partial charge on any atom is -0.379 e. The predicted octanol–water partition coefficient (Wildman–Crippen LogP) is 0.667. The number of carbonyl (C=O) groups is 1. The molecule has 9 nitrogen and oxygen atoms in total. The number of benzene rings is 1. The van der Waals surface area contributed by atoms with Gasteiger partial charge in [0.05, 0.1) is 19.8 Å². The van der Waals surface area contributed by atoms with E-state index >= 15 is 0 Å². The van der Waals surface area contributed by atoms with Crippen LogP contribution in [-0.2, 0) is 29.2 Å². The van der Waals surface area contributed by atoms with Gasteiger partial charge in [-0.2, -0.15) is 0 Å². The Morgan fingerprint density at radius 2 is 2.04 bits per heavy atom. The van der Waals surface area contributed by atoms with Gasteiger partial charge in [-0.1, -0.05) is 18.2 Å². The molecule has 1 amide bonds. The van der Waals surface area contributed by atoms with Crippen molar-refractivity contribution in [2.24, 2.45) is 0 Å². The summed E-state index contributed by atoms with van der Waals surface area (Å²) in [6.07, 6.45) is 2.95. The Labute approximate surface area is 163 Å². The molecular weight excluding hydrogens is 358 g/mol. The highest BCUT2D eigenvalue weighted by Gasteiger charge is 2.16. The van der Waals surface area contributed by atoms with Crippen molar-refractivity contribution in [3.63, 3.8) is 0 Å². The predicted molar refractivity (Wildman–Crippen MR) is 103 cm³/mol. The minimum atomic E-state index is -0.0760. The third kappa shape index (κ3) is 4.55. The zero-order valence-corrected chi connectivity index (χ0v) is 15.8.